The van der Waals surface area contributed by atoms with E-state index in [0.29, 0.717) is 11.3 Å². The summed E-state index contributed by atoms with van der Waals surface area (Å²) in [5.74, 6) is -1.98. The lowest BCUT2D eigenvalue weighted by Gasteiger charge is -2.22. The van der Waals surface area contributed by atoms with E-state index >= 15 is 0 Å². The van der Waals surface area contributed by atoms with Crippen molar-refractivity contribution in [3.05, 3.63) is 63.9 Å². The minimum absolute atomic E-state index is 0.239. The number of hydrogen-bond acceptors (Lipinski definition) is 6. The van der Waals surface area contributed by atoms with Gasteiger partial charge in [-0.3, -0.25) is 14.6 Å². The zero-order valence-corrected chi connectivity index (χ0v) is 22.1. The normalized spacial score (nSPS) is 16.1. The van der Waals surface area contributed by atoms with E-state index in [1.54, 1.807) is 64.2 Å². The first-order valence-electron chi connectivity index (χ1n) is 10.9. The molecule has 0 bridgehead atoms. The molecule has 10 nitrogen and oxygen atoms in total. The highest BCUT2D eigenvalue weighted by atomic mass is 79.9. The minimum Gasteiger partial charge on any atom is -0.480 e. The monoisotopic (exact) mass is 565 g/mol. The first-order chi connectivity index (χ1) is 16.7. The summed E-state index contributed by atoms with van der Waals surface area (Å²) in [5, 5.41) is 19.5. The van der Waals surface area contributed by atoms with E-state index in [9.17, 15) is 18.8 Å². The van der Waals surface area contributed by atoms with Gasteiger partial charge in [-0.15, -0.1) is 0 Å². The number of hydrogen-bond donors (Lipinski definition) is 5. The molecule has 12 heteroatoms. The molecule has 2 aromatic carbocycles. The molecule has 0 spiro atoms. The number of halogens is 2. The van der Waals surface area contributed by atoms with Gasteiger partial charge in [-0.25, -0.2) is 20.0 Å². The van der Waals surface area contributed by atoms with Gasteiger partial charge in [0.25, 0.3) is 5.91 Å². The lowest BCUT2D eigenvalue weighted by Crippen LogP contribution is -2.53. The fraction of sp³-hybridized carbons (Fsp3) is 0.333. The van der Waals surface area contributed by atoms with Gasteiger partial charge in [-0.05, 0) is 58.0 Å². The van der Waals surface area contributed by atoms with Gasteiger partial charge in [0.15, 0.2) is 6.17 Å². The molecule has 0 aliphatic carbocycles. The maximum absolute atomic E-state index is 14.5. The van der Waals surface area contributed by atoms with Crippen molar-refractivity contribution in [3.8, 4) is 0 Å². The Bertz CT molecular complexity index is 1170. The summed E-state index contributed by atoms with van der Waals surface area (Å²) in [7, 11) is 1.59. The summed E-state index contributed by atoms with van der Waals surface area (Å²) in [6, 6.07) is 10.5. The van der Waals surface area contributed by atoms with Crippen LogP contribution in [0.1, 0.15) is 38.8 Å². The molecule has 2 amide bonds. The first kappa shape index (κ1) is 28.9. The van der Waals surface area contributed by atoms with Gasteiger partial charge >= 0.3 is 12.1 Å². The second-order valence-corrected chi connectivity index (χ2v) is 9.86. The van der Waals surface area contributed by atoms with Gasteiger partial charge in [0.2, 0.25) is 0 Å². The van der Waals surface area contributed by atoms with Gasteiger partial charge < -0.3 is 20.4 Å². The van der Waals surface area contributed by atoms with Crippen molar-refractivity contribution in [2.75, 3.05) is 11.9 Å². The van der Waals surface area contributed by atoms with E-state index < -0.39 is 36.0 Å². The van der Waals surface area contributed by atoms with Crippen LogP contribution in [0.2, 0.25) is 0 Å². The van der Waals surface area contributed by atoms with Crippen molar-refractivity contribution in [3.63, 3.8) is 0 Å². The third-order valence-electron chi connectivity index (χ3n) is 4.82. The fourth-order valence-electron chi connectivity index (χ4n) is 3.09. The summed E-state index contributed by atoms with van der Waals surface area (Å²) in [5.41, 5.74) is 6.53. The van der Waals surface area contributed by atoms with Crippen LogP contribution in [-0.4, -0.2) is 58.7 Å². The summed E-state index contributed by atoms with van der Waals surface area (Å²) in [6.45, 7) is 6.80. The number of aliphatic carboxylic acids is 1. The number of benzene rings is 2. The van der Waals surface area contributed by atoms with Crippen molar-refractivity contribution < 1.29 is 29.0 Å². The van der Waals surface area contributed by atoms with Crippen LogP contribution in [0, 0.1) is 5.82 Å². The quantitative estimate of drug-likeness (QED) is 0.350. The number of carboxylic acids is 1. The first-order valence-corrected chi connectivity index (χ1v) is 11.7. The molecule has 1 heterocycles. The molecule has 0 fully saturated rings. The van der Waals surface area contributed by atoms with Crippen LogP contribution in [0.3, 0.4) is 0 Å². The Hall–Kier alpha value is -3.35. The number of nitrogens with zero attached hydrogens (tertiary/aromatic N) is 2. The van der Waals surface area contributed by atoms with E-state index in [1.165, 1.54) is 17.9 Å². The second-order valence-electron chi connectivity index (χ2n) is 8.95. The standard InChI is InChI=1S/C19H18BrFN4O3.C5H11NO2/c1-10(19(27)28)23-24-17-18(26)25(2)15-8-7-11(20)9-13(15)16(22-17)12-5-3-4-6-14(12)21;1-5(2,3)6-4(7)8/h3-10,17,23-24H,1-2H3,(H,27,28);6H,1-3H3,(H,7,8)/t10-,17?;/m0./s1. The largest absolute Gasteiger partial charge is 0.480 e. The zero-order chi connectivity index (χ0) is 27.2. The van der Waals surface area contributed by atoms with Crippen molar-refractivity contribution in [1.29, 1.82) is 0 Å². The molecule has 0 radical (unpaired) electrons. The Morgan fingerprint density at radius 3 is 2.31 bits per heavy atom. The maximum Gasteiger partial charge on any atom is 0.405 e. The van der Waals surface area contributed by atoms with E-state index in [1.807, 2.05) is 0 Å². The van der Waals surface area contributed by atoms with Crippen LogP contribution in [0.25, 0.3) is 0 Å². The highest BCUT2D eigenvalue weighted by Gasteiger charge is 2.31. The Balaban J connectivity index is 0.000000493. The van der Waals surface area contributed by atoms with E-state index in [0.717, 1.165) is 4.47 Å². The fourth-order valence-corrected chi connectivity index (χ4v) is 3.46. The van der Waals surface area contributed by atoms with E-state index in [2.05, 4.69) is 37.1 Å². The number of rotatable bonds is 5. The van der Waals surface area contributed by atoms with Gasteiger partial charge in [0.1, 0.15) is 11.9 Å². The van der Waals surface area contributed by atoms with Gasteiger partial charge in [0, 0.05) is 28.2 Å². The zero-order valence-electron chi connectivity index (χ0n) is 20.5. The molecule has 194 valence electrons. The molecule has 1 aliphatic heterocycles. The lowest BCUT2D eigenvalue weighted by molar-refractivity contribution is -0.139. The predicted octanol–water partition coefficient (Wildman–Crippen LogP) is 3.35. The highest BCUT2D eigenvalue weighted by Crippen LogP contribution is 2.30. The Morgan fingerprint density at radius 1 is 1.14 bits per heavy atom. The third kappa shape index (κ3) is 7.83. The van der Waals surface area contributed by atoms with E-state index in [4.69, 9.17) is 10.2 Å². The number of carboxylic acid groups (broad SMARTS) is 2. The number of carbonyl (C=O) groups excluding carboxylic acids is 1. The van der Waals surface area contributed by atoms with Crippen LogP contribution >= 0.6 is 15.9 Å². The number of benzodiazepines with no additional fused rings is 1. The van der Waals surface area contributed by atoms with Gasteiger partial charge in [0.05, 0.1) is 11.4 Å². The van der Waals surface area contributed by atoms with Crippen LogP contribution in [0.15, 0.2) is 51.9 Å². The average Bonchev–Trinajstić information content (AvgIpc) is 2.86. The summed E-state index contributed by atoms with van der Waals surface area (Å²) in [4.78, 5) is 39.7. The van der Waals surface area contributed by atoms with Gasteiger partial charge in [-0.2, -0.15) is 0 Å². The predicted molar refractivity (Wildman–Crippen MR) is 138 cm³/mol. The smallest absolute Gasteiger partial charge is 0.405 e. The summed E-state index contributed by atoms with van der Waals surface area (Å²) >= 11 is 3.40. The molecule has 3 rings (SSSR count). The van der Waals surface area contributed by atoms with Crippen molar-refractivity contribution >= 4 is 45.3 Å². The molecule has 2 atom stereocenters. The van der Waals surface area contributed by atoms with Crippen molar-refractivity contribution in [1.82, 2.24) is 16.2 Å². The molecular formula is C24H29BrFN5O5. The molecule has 5 N–H and O–H groups in total. The molecule has 2 aromatic rings. The Labute approximate surface area is 216 Å². The van der Waals surface area contributed by atoms with Crippen molar-refractivity contribution in [2.24, 2.45) is 4.99 Å². The number of carbonyl (C=O) groups is 3. The number of aliphatic imine (C=N–C) groups is 1. The number of nitrogens with one attached hydrogen (secondary N) is 3. The number of amides is 2. The van der Waals surface area contributed by atoms with Crippen LogP contribution in [-0.2, 0) is 9.59 Å². The molecule has 1 unspecified atom stereocenters. The average molecular weight is 566 g/mol. The van der Waals surface area contributed by atoms with Crippen LogP contribution in [0.4, 0.5) is 14.9 Å². The number of fused-ring (bicyclic) bond motifs is 1. The molecule has 0 saturated carbocycles. The summed E-state index contributed by atoms with van der Waals surface area (Å²) in [6.07, 6.45) is -2.12. The third-order valence-corrected chi connectivity index (χ3v) is 5.31. The Kier molecular flexibility index (Phi) is 9.68. The molecular weight excluding hydrogens is 537 g/mol. The number of anilines is 1. The molecule has 1 aliphatic rings. The second kappa shape index (κ2) is 12.1. The minimum atomic E-state index is -1.15. The maximum atomic E-state index is 14.5. The highest BCUT2D eigenvalue weighted by molar-refractivity contribution is 9.10. The van der Waals surface area contributed by atoms with Crippen molar-refractivity contribution in [2.45, 2.75) is 45.4 Å². The topological polar surface area (TPSA) is 143 Å². The van der Waals surface area contributed by atoms with Gasteiger partial charge in [-0.1, -0.05) is 28.1 Å². The SMILES string of the molecule is CC(C)(C)NC(=O)O.C[C@H](NNC1N=C(c2ccccc2F)c2cc(Br)ccc2N(C)C1=O)C(=O)O. The summed E-state index contributed by atoms with van der Waals surface area (Å²) < 4.78 is 15.3. The molecule has 0 saturated heterocycles. The number of hydrazine groups is 1. The van der Waals surface area contributed by atoms with Crippen LogP contribution < -0.4 is 21.1 Å². The molecule has 0 aromatic heterocycles. The van der Waals surface area contributed by atoms with Crippen LogP contribution in [0.5, 0.6) is 0 Å². The molecule has 36 heavy (non-hydrogen) atoms. The lowest BCUT2D eigenvalue weighted by atomic mass is 10.00. The Morgan fingerprint density at radius 2 is 1.78 bits per heavy atom. The van der Waals surface area contributed by atoms with E-state index in [-0.39, 0.29) is 16.8 Å². The number of likely N-dealkylation sites (N-methyl/N-ethyl adjacent to an activating group) is 1.